The van der Waals surface area contributed by atoms with Gasteiger partial charge in [0.25, 0.3) is 0 Å². The Morgan fingerprint density at radius 2 is 1.50 bits per heavy atom. The maximum absolute atomic E-state index is 10.6. The molecule has 2 aromatic carbocycles. The lowest BCUT2D eigenvalue weighted by atomic mass is 10.1. The molecule has 0 saturated heterocycles. The van der Waals surface area contributed by atoms with Gasteiger partial charge in [-0.25, -0.2) is 0 Å². The van der Waals surface area contributed by atoms with Gasteiger partial charge in [-0.05, 0) is 17.7 Å². The van der Waals surface area contributed by atoms with Gasteiger partial charge < -0.3 is 9.84 Å². The number of hydrogen-bond acceptors (Lipinski definition) is 3. The summed E-state index contributed by atoms with van der Waals surface area (Å²) in [5.74, 6) is -1.04. The summed E-state index contributed by atoms with van der Waals surface area (Å²) in [5, 5.41) is 7.57. The standard InChI is InChI=1S/2C8H7ClO2/c9-6-8(10)11-7-4-2-1-3-5-7;9-7(8(10)11)6-4-2-1-3-5-6/h1-5H,6H2;1-5,7H,(H,10,11). The molecule has 0 spiro atoms. The van der Waals surface area contributed by atoms with Crippen LogP contribution in [-0.2, 0) is 9.59 Å². The summed E-state index contributed by atoms with van der Waals surface area (Å²) in [6, 6.07) is 17.5. The molecule has 0 aliphatic carbocycles. The van der Waals surface area contributed by atoms with Crippen molar-refractivity contribution in [2.45, 2.75) is 5.38 Å². The molecule has 0 amide bonds. The molecule has 116 valence electrons. The van der Waals surface area contributed by atoms with Crippen LogP contribution < -0.4 is 4.74 Å². The predicted molar refractivity (Wildman–Crippen MR) is 85.5 cm³/mol. The fraction of sp³-hybridized carbons (Fsp3) is 0.125. The minimum Gasteiger partial charge on any atom is -0.480 e. The largest absolute Gasteiger partial charge is 0.480 e. The summed E-state index contributed by atoms with van der Waals surface area (Å²) < 4.78 is 4.79. The summed E-state index contributed by atoms with van der Waals surface area (Å²) >= 11 is 10.8. The molecule has 0 radical (unpaired) electrons. The summed E-state index contributed by atoms with van der Waals surface area (Å²) in [6.45, 7) is 0. The van der Waals surface area contributed by atoms with Crippen LogP contribution in [0.15, 0.2) is 60.7 Å². The summed E-state index contributed by atoms with van der Waals surface area (Å²) in [5.41, 5.74) is 0.613. The minimum absolute atomic E-state index is 0.116. The van der Waals surface area contributed by atoms with E-state index in [1.54, 1.807) is 48.5 Å². The fourth-order valence-corrected chi connectivity index (χ4v) is 1.61. The molecule has 1 N–H and O–H groups in total. The lowest BCUT2D eigenvalue weighted by Gasteiger charge is -2.01. The first-order valence-electron chi connectivity index (χ1n) is 6.28. The number of halogens is 2. The van der Waals surface area contributed by atoms with E-state index in [2.05, 4.69) is 0 Å². The molecule has 0 aliphatic heterocycles. The van der Waals surface area contributed by atoms with E-state index in [9.17, 15) is 9.59 Å². The maximum Gasteiger partial charge on any atom is 0.326 e. The third-order valence-corrected chi connectivity index (χ3v) is 3.05. The maximum atomic E-state index is 10.6. The van der Waals surface area contributed by atoms with E-state index >= 15 is 0 Å². The molecular formula is C16H14Cl2O4. The molecular weight excluding hydrogens is 327 g/mol. The van der Waals surface area contributed by atoms with Crippen molar-refractivity contribution >= 4 is 35.1 Å². The van der Waals surface area contributed by atoms with Crippen molar-refractivity contribution < 1.29 is 19.4 Å². The molecule has 6 heteroatoms. The van der Waals surface area contributed by atoms with Crippen LogP contribution in [0, 0.1) is 0 Å². The second kappa shape index (κ2) is 9.82. The molecule has 0 aromatic heterocycles. The smallest absolute Gasteiger partial charge is 0.326 e. The Balaban J connectivity index is 0.000000220. The van der Waals surface area contributed by atoms with Crippen LogP contribution in [0.3, 0.4) is 0 Å². The molecule has 0 saturated carbocycles. The lowest BCUT2D eigenvalue weighted by molar-refractivity contribution is -0.136. The van der Waals surface area contributed by atoms with Gasteiger partial charge in [-0.3, -0.25) is 9.59 Å². The number of alkyl halides is 2. The molecule has 4 nitrogen and oxygen atoms in total. The average Bonchev–Trinajstić information content (AvgIpc) is 2.56. The molecule has 0 heterocycles. The Kier molecular flexibility index (Phi) is 8.04. The number of para-hydroxylation sites is 1. The van der Waals surface area contributed by atoms with Crippen LogP contribution in [0.25, 0.3) is 0 Å². The Hall–Kier alpha value is -2.04. The molecule has 2 rings (SSSR count). The van der Waals surface area contributed by atoms with Gasteiger partial charge in [-0.2, -0.15) is 0 Å². The third-order valence-electron chi connectivity index (χ3n) is 2.39. The van der Waals surface area contributed by atoms with E-state index in [1.165, 1.54) is 0 Å². The van der Waals surface area contributed by atoms with Crippen molar-refractivity contribution in [3.05, 3.63) is 66.2 Å². The molecule has 2 aromatic rings. The number of benzene rings is 2. The van der Waals surface area contributed by atoms with Gasteiger partial charge in [-0.15, -0.1) is 23.2 Å². The predicted octanol–water partition coefficient (Wildman–Crippen LogP) is 3.88. The summed E-state index contributed by atoms with van der Waals surface area (Å²) in [7, 11) is 0. The zero-order valence-corrected chi connectivity index (χ0v) is 13.0. The van der Waals surface area contributed by atoms with Crippen molar-refractivity contribution in [1.82, 2.24) is 0 Å². The van der Waals surface area contributed by atoms with Crippen molar-refractivity contribution in [1.29, 1.82) is 0 Å². The van der Waals surface area contributed by atoms with Crippen molar-refractivity contribution in [2.24, 2.45) is 0 Å². The second-order valence-electron chi connectivity index (χ2n) is 4.03. The van der Waals surface area contributed by atoms with E-state index in [0.717, 1.165) is 0 Å². The van der Waals surface area contributed by atoms with Gasteiger partial charge >= 0.3 is 11.9 Å². The van der Waals surface area contributed by atoms with Crippen LogP contribution in [0.1, 0.15) is 10.9 Å². The SMILES string of the molecule is O=C(CCl)Oc1ccccc1.O=C(O)C(Cl)c1ccccc1. The van der Waals surface area contributed by atoms with E-state index in [-0.39, 0.29) is 5.88 Å². The van der Waals surface area contributed by atoms with Crippen molar-refractivity contribution in [3.63, 3.8) is 0 Å². The third kappa shape index (κ3) is 6.61. The Bertz CT molecular complexity index is 586. The van der Waals surface area contributed by atoms with Gasteiger partial charge in [0.05, 0.1) is 0 Å². The number of carboxylic acids is 1. The first-order chi connectivity index (χ1) is 10.5. The zero-order valence-electron chi connectivity index (χ0n) is 11.5. The van der Waals surface area contributed by atoms with Gasteiger partial charge in [0, 0.05) is 0 Å². The Labute approximate surface area is 138 Å². The second-order valence-corrected chi connectivity index (χ2v) is 4.74. The first kappa shape index (κ1) is 18.0. The number of carboxylic acid groups (broad SMARTS) is 1. The number of carbonyl (C=O) groups is 2. The number of rotatable bonds is 4. The monoisotopic (exact) mass is 340 g/mol. The van der Waals surface area contributed by atoms with Gasteiger partial charge in [-0.1, -0.05) is 48.5 Å². The zero-order chi connectivity index (χ0) is 16.4. The number of aliphatic carboxylic acids is 1. The van der Waals surface area contributed by atoms with Crippen LogP contribution >= 0.6 is 23.2 Å². The minimum atomic E-state index is -1.02. The van der Waals surface area contributed by atoms with Crippen LogP contribution in [-0.4, -0.2) is 22.9 Å². The van der Waals surface area contributed by atoms with Crippen LogP contribution in [0.4, 0.5) is 0 Å². The summed E-state index contributed by atoms with van der Waals surface area (Å²) in [6.07, 6.45) is 0. The number of carbonyl (C=O) groups excluding carboxylic acids is 1. The molecule has 0 bridgehead atoms. The highest BCUT2D eigenvalue weighted by Crippen LogP contribution is 2.19. The number of hydrogen-bond donors (Lipinski definition) is 1. The van der Waals surface area contributed by atoms with Crippen molar-refractivity contribution in [3.8, 4) is 5.75 Å². The van der Waals surface area contributed by atoms with E-state index in [1.807, 2.05) is 12.1 Å². The van der Waals surface area contributed by atoms with Gasteiger partial charge in [0.2, 0.25) is 0 Å². The quantitative estimate of drug-likeness (QED) is 0.521. The first-order valence-corrected chi connectivity index (χ1v) is 7.25. The molecule has 0 fully saturated rings. The fourth-order valence-electron chi connectivity index (χ4n) is 1.41. The van der Waals surface area contributed by atoms with Gasteiger partial charge in [0.1, 0.15) is 11.6 Å². The Morgan fingerprint density at radius 1 is 1.00 bits per heavy atom. The van der Waals surface area contributed by atoms with E-state index in [4.69, 9.17) is 33.0 Å². The molecule has 1 unspecified atom stereocenters. The molecule has 0 aliphatic rings. The highest BCUT2D eigenvalue weighted by molar-refractivity contribution is 6.29. The number of esters is 1. The normalized spacial score (nSPS) is 10.8. The van der Waals surface area contributed by atoms with E-state index in [0.29, 0.717) is 11.3 Å². The highest BCUT2D eigenvalue weighted by atomic mass is 35.5. The van der Waals surface area contributed by atoms with Crippen molar-refractivity contribution in [2.75, 3.05) is 5.88 Å². The molecule has 1 atom stereocenters. The van der Waals surface area contributed by atoms with E-state index < -0.39 is 17.3 Å². The molecule has 22 heavy (non-hydrogen) atoms. The number of ether oxygens (including phenoxy) is 1. The topological polar surface area (TPSA) is 63.6 Å². The Morgan fingerprint density at radius 3 is 1.95 bits per heavy atom. The van der Waals surface area contributed by atoms with Crippen LogP contribution in [0.5, 0.6) is 5.75 Å². The lowest BCUT2D eigenvalue weighted by Crippen LogP contribution is -2.08. The average molecular weight is 341 g/mol. The highest BCUT2D eigenvalue weighted by Gasteiger charge is 2.14. The van der Waals surface area contributed by atoms with Crippen LogP contribution in [0.2, 0.25) is 0 Å². The summed E-state index contributed by atoms with van der Waals surface area (Å²) in [4.78, 5) is 21.0. The van der Waals surface area contributed by atoms with Gasteiger partial charge in [0.15, 0.2) is 5.38 Å².